The molecule has 2 aliphatic rings. The van der Waals surface area contributed by atoms with Crippen LogP contribution in [-0.2, 0) is 4.79 Å². The molecule has 1 aliphatic carbocycles. The van der Waals surface area contributed by atoms with E-state index in [-0.39, 0.29) is 24.4 Å². The molecule has 1 amide bonds. The number of aryl methyl sites for hydroxylation is 2. The highest BCUT2D eigenvalue weighted by atomic mass is 35.5. The molecule has 0 radical (unpaired) electrons. The topological polar surface area (TPSA) is 55.6 Å². The number of carbonyl (C=O) groups is 1. The van der Waals surface area contributed by atoms with E-state index >= 15 is 0 Å². The zero-order chi connectivity index (χ0) is 16.4. The first-order valence-electron chi connectivity index (χ1n) is 8.80. The minimum Gasteiger partial charge on any atom is -0.490 e. The summed E-state index contributed by atoms with van der Waals surface area (Å²) in [5.74, 6) is 1.13. The molecule has 1 aromatic carbocycles. The molecule has 4 nitrogen and oxygen atoms in total. The molecule has 5 heteroatoms. The molecule has 0 spiro atoms. The maximum Gasteiger partial charge on any atom is 0.242 e. The van der Waals surface area contributed by atoms with Gasteiger partial charge in [0.2, 0.25) is 5.91 Å². The maximum atomic E-state index is 12.6. The Kier molecular flexibility index (Phi) is 6.16. The number of hydrogen-bond donors (Lipinski definition) is 1. The zero-order valence-electron chi connectivity index (χ0n) is 14.7. The molecule has 1 saturated carbocycles. The molecule has 2 N–H and O–H groups in total. The fourth-order valence-corrected chi connectivity index (χ4v) is 3.73. The van der Waals surface area contributed by atoms with E-state index in [2.05, 4.69) is 32.0 Å². The van der Waals surface area contributed by atoms with Gasteiger partial charge in [0, 0.05) is 25.9 Å². The van der Waals surface area contributed by atoms with E-state index in [4.69, 9.17) is 10.5 Å². The molecule has 1 saturated heterocycles. The standard InChI is InChI=1S/C19H28N2O2.ClH/c1-14-5-6-15(2)17(13-14)23-16-7-11-21(12-8-16)18(22)19(20)9-3-4-10-19;/h5-6,13,16H,3-4,7-12,20H2,1-2H3;1H. The Morgan fingerprint density at radius 2 is 1.83 bits per heavy atom. The minimum absolute atomic E-state index is 0. The summed E-state index contributed by atoms with van der Waals surface area (Å²) in [6.45, 7) is 5.67. The number of benzene rings is 1. The Bertz CT molecular complexity index is 577. The van der Waals surface area contributed by atoms with Crippen molar-refractivity contribution in [3.05, 3.63) is 29.3 Å². The van der Waals surface area contributed by atoms with Crippen molar-refractivity contribution >= 4 is 18.3 Å². The summed E-state index contributed by atoms with van der Waals surface area (Å²) in [5, 5.41) is 0. The van der Waals surface area contributed by atoms with Gasteiger partial charge in [0.1, 0.15) is 11.9 Å². The van der Waals surface area contributed by atoms with Crippen molar-refractivity contribution in [3.63, 3.8) is 0 Å². The van der Waals surface area contributed by atoms with Crippen LogP contribution in [0.1, 0.15) is 49.7 Å². The number of nitrogens with zero attached hydrogens (tertiary/aromatic N) is 1. The van der Waals surface area contributed by atoms with Gasteiger partial charge in [0.05, 0.1) is 5.54 Å². The second-order valence-electron chi connectivity index (χ2n) is 7.24. The van der Waals surface area contributed by atoms with Gasteiger partial charge in [-0.25, -0.2) is 0 Å². The van der Waals surface area contributed by atoms with Crippen molar-refractivity contribution in [2.45, 2.75) is 64.0 Å². The van der Waals surface area contributed by atoms with Crippen LogP contribution >= 0.6 is 12.4 Å². The first-order valence-corrected chi connectivity index (χ1v) is 8.80. The van der Waals surface area contributed by atoms with Crippen molar-refractivity contribution in [1.82, 2.24) is 4.90 Å². The Balaban J connectivity index is 0.00000208. The van der Waals surface area contributed by atoms with Gasteiger partial charge in [-0.1, -0.05) is 25.0 Å². The number of rotatable bonds is 3. The molecule has 0 atom stereocenters. The number of ether oxygens (including phenoxy) is 1. The number of halogens is 1. The largest absolute Gasteiger partial charge is 0.490 e. The number of hydrogen-bond acceptors (Lipinski definition) is 3. The van der Waals surface area contributed by atoms with E-state index < -0.39 is 5.54 Å². The van der Waals surface area contributed by atoms with Crippen LogP contribution < -0.4 is 10.5 Å². The SMILES string of the molecule is Cc1ccc(C)c(OC2CCN(C(=O)C3(N)CCCC3)CC2)c1.Cl. The van der Waals surface area contributed by atoms with Crippen molar-refractivity contribution in [2.75, 3.05) is 13.1 Å². The average Bonchev–Trinajstić information content (AvgIpc) is 2.99. The second kappa shape index (κ2) is 7.75. The van der Waals surface area contributed by atoms with Crippen molar-refractivity contribution < 1.29 is 9.53 Å². The Morgan fingerprint density at radius 3 is 2.46 bits per heavy atom. The third-order valence-corrected chi connectivity index (χ3v) is 5.29. The minimum atomic E-state index is -0.596. The molecule has 0 bridgehead atoms. The fourth-order valence-electron chi connectivity index (χ4n) is 3.73. The lowest BCUT2D eigenvalue weighted by atomic mass is 9.95. The summed E-state index contributed by atoms with van der Waals surface area (Å²) in [4.78, 5) is 14.6. The Morgan fingerprint density at radius 1 is 1.21 bits per heavy atom. The average molecular weight is 353 g/mol. The van der Waals surface area contributed by atoms with Gasteiger partial charge in [-0.15, -0.1) is 12.4 Å². The van der Waals surface area contributed by atoms with Crippen molar-refractivity contribution in [2.24, 2.45) is 5.73 Å². The second-order valence-corrected chi connectivity index (χ2v) is 7.24. The van der Waals surface area contributed by atoms with E-state index in [9.17, 15) is 4.79 Å². The molecule has 3 rings (SSSR count). The quantitative estimate of drug-likeness (QED) is 0.907. The normalized spacial score (nSPS) is 20.5. The molecule has 1 aromatic rings. The van der Waals surface area contributed by atoms with E-state index in [0.29, 0.717) is 0 Å². The molecule has 24 heavy (non-hydrogen) atoms. The summed E-state index contributed by atoms with van der Waals surface area (Å²) in [6.07, 6.45) is 5.79. The molecule has 134 valence electrons. The third-order valence-electron chi connectivity index (χ3n) is 5.29. The summed E-state index contributed by atoms with van der Waals surface area (Å²) in [7, 11) is 0. The molecular formula is C19H29ClN2O2. The highest BCUT2D eigenvalue weighted by Gasteiger charge is 2.40. The summed E-state index contributed by atoms with van der Waals surface area (Å²) >= 11 is 0. The van der Waals surface area contributed by atoms with Crippen LogP contribution in [0.3, 0.4) is 0 Å². The van der Waals surface area contributed by atoms with Crippen molar-refractivity contribution in [3.8, 4) is 5.75 Å². The number of amides is 1. The predicted octanol–water partition coefficient (Wildman–Crippen LogP) is 3.37. The number of piperidine rings is 1. The number of carbonyl (C=O) groups excluding carboxylic acids is 1. The summed E-state index contributed by atoms with van der Waals surface area (Å²) < 4.78 is 6.18. The van der Waals surface area contributed by atoms with E-state index in [0.717, 1.165) is 57.4 Å². The lowest BCUT2D eigenvalue weighted by molar-refractivity contribution is -0.138. The van der Waals surface area contributed by atoms with Gasteiger partial charge >= 0.3 is 0 Å². The van der Waals surface area contributed by atoms with Gasteiger partial charge in [-0.3, -0.25) is 4.79 Å². The van der Waals surface area contributed by atoms with Crippen LogP contribution in [0, 0.1) is 13.8 Å². The fraction of sp³-hybridized carbons (Fsp3) is 0.632. The lowest BCUT2D eigenvalue weighted by Gasteiger charge is -2.37. The highest BCUT2D eigenvalue weighted by molar-refractivity contribution is 5.86. The number of likely N-dealkylation sites (tertiary alicyclic amines) is 1. The Hall–Kier alpha value is -1.26. The molecule has 2 fully saturated rings. The smallest absolute Gasteiger partial charge is 0.242 e. The monoisotopic (exact) mass is 352 g/mol. The highest BCUT2D eigenvalue weighted by Crippen LogP contribution is 2.30. The zero-order valence-corrected chi connectivity index (χ0v) is 15.5. The molecule has 0 aromatic heterocycles. The molecule has 1 heterocycles. The van der Waals surface area contributed by atoms with Crippen LogP contribution in [0.2, 0.25) is 0 Å². The van der Waals surface area contributed by atoms with Crippen LogP contribution in [0.15, 0.2) is 18.2 Å². The van der Waals surface area contributed by atoms with E-state index in [1.807, 2.05) is 4.90 Å². The number of nitrogens with two attached hydrogens (primary N) is 1. The Labute approximate surface area is 151 Å². The van der Waals surface area contributed by atoms with Crippen LogP contribution in [0.25, 0.3) is 0 Å². The van der Waals surface area contributed by atoms with Crippen LogP contribution in [0.5, 0.6) is 5.75 Å². The van der Waals surface area contributed by atoms with Gasteiger partial charge < -0.3 is 15.4 Å². The van der Waals surface area contributed by atoms with Gasteiger partial charge in [0.15, 0.2) is 0 Å². The van der Waals surface area contributed by atoms with Gasteiger partial charge in [0.25, 0.3) is 0 Å². The van der Waals surface area contributed by atoms with E-state index in [1.165, 1.54) is 11.1 Å². The van der Waals surface area contributed by atoms with Crippen LogP contribution in [-0.4, -0.2) is 35.5 Å². The molecule has 1 aliphatic heterocycles. The maximum absolute atomic E-state index is 12.6. The summed E-state index contributed by atoms with van der Waals surface area (Å²) in [5.41, 5.74) is 8.09. The molecular weight excluding hydrogens is 324 g/mol. The first-order chi connectivity index (χ1) is 11.0. The molecule has 0 unspecified atom stereocenters. The summed E-state index contributed by atoms with van der Waals surface area (Å²) in [6, 6.07) is 6.30. The van der Waals surface area contributed by atoms with Crippen LogP contribution in [0.4, 0.5) is 0 Å². The lowest BCUT2D eigenvalue weighted by Crippen LogP contribution is -2.56. The first kappa shape index (κ1) is 19.1. The third kappa shape index (κ3) is 4.04. The predicted molar refractivity (Wildman–Crippen MR) is 98.8 cm³/mol. The van der Waals surface area contributed by atoms with Gasteiger partial charge in [-0.2, -0.15) is 0 Å². The van der Waals surface area contributed by atoms with Gasteiger partial charge in [-0.05, 0) is 43.9 Å². The van der Waals surface area contributed by atoms with Crippen molar-refractivity contribution in [1.29, 1.82) is 0 Å². The van der Waals surface area contributed by atoms with E-state index in [1.54, 1.807) is 0 Å².